The third kappa shape index (κ3) is 37.5. The number of esters is 1. The van der Waals surface area contributed by atoms with Gasteiger partial charge in [-0.15, -0.1) is 11.8 Å². The van der Waals surface area contributed by atoms with Crippen LogP contribution in [0.1, 0.15) is 194 Å². The van der Waals surface area contributed by atoms with E-state index in [1.807, 2.05) is 0 Å². The molecule has 0 aliphatic rings. The van der Waals surface area contributed by atoms with Gasteiger partial charge in [-0.05, 0) is 64.5 Å². The first-order chi connectivity index (χ1) is 24.2. The predicted molar refractivity (Wildman–Crippen MR) is 207 cm³/mol. The van der Waals surface area contributed by atoms with E-state index in [0.717, 1.165) is 90.3 Å². The molecular weight excluding hydrogens is 610 g/mol. The maximum Gasteiger partial charge on any atom is 0.305 e. The molecule has 0 saturated carbocycles. The fraction of sp³-hybridized carbons (Fsp3) is 0.884. The molecule has 286 valence electrons. The SMILES string of the molecule is CCCCCC#CCOC(CCCCCCCN(CCO)CCCCCCCC(=O)OCCCCCCCCC)OCC#CCCCCC. The standard InChI is InChI=1S/C43H79NO5/c1-4-7-10-13-16-25-30-39-47-42(46)33-26-19-17-21-28-35-44(37-38-45)36-29-22-18-20-27-34-43(48-40-31-23-14-11-8-5-2)49-41-32-24-15-12-9-6-3/h43,45H,4-22,25-30,33-41H2,1-3H3. The van der Waals surface area contributed by atoms with Crippen LogP contribution in [0, 0.1) is 23.7 Å². The summed E-state index contributed by atoms with van der Waals surface area (Å²) < 4.78 is 17.4. The van der Waals surface area contributed by atoms with E-state index in [2.05, 4.69) is 49.4 Å². The highest BCUT2D eigenvalue weighted by molar-refractivity contribution is 5.69. The smallest absolute Gasteiger partial charge is 0.305 e. The lowest BCUT2D eigenvalue weighted by atomic mass is 10.1. The largest absolute Gasteiger partial charge is 0.466 e. The molecule has 0 aromatic rings. The number of carbonyl (C=O) groups excluding carboxylic acids is 1. The molecule has 6 heteroatoms. The number of carbonyl (C=O) groups is 1. The predicted octanol–water partition coefficient (Wildman–Crippen LogP) is 10.8. The maximum atomic E-state index is 12.0. The Morgan fingerprint density at radius 1 is 0.551 bits per heavy atom. The summed E-state index contributed by atoms with van der Waals surface area (Å²) in [6.45, 7) is 11.2. The van der Waals surface area contributed by atoms with Crippen LogP contribution < -0.4 is 0 Å². The van der Waals surface area contributed by atoms with Gasteiger partial charge in [0, 0.05) is 25.8 Å². The van der Waals surface area contributed by atoms with Crippen molar-refractivity contribution in [3.8, 4) is 23.7 Å². The Balaban J connectivity index is 4.02. The molecule has 0 aliphatic carbocycles. The number of ether oxygens (including phenoxy) is 3. The minimum atomic E-state index is -0.233. The van der Waals surface area contributed by atoms with Crippen molar-refractivity contribution in [3.05, 3.63) is 0 Å². The van der Waals surface area contributed by atoms with Gasteiger partial charge in [0.2, 0.25) is 0 Å². The highest BCUT2D eigenvalue weighted by Crippen LogP contribution is 2.13. The molecule has 0 aromatic heterocycles. The van der Waals surface area contributed by atoms with Crippen LogP contribution in [-0.4, -0.2) is 68.3 Å². The van der Waals surface area contributed by atoms with E-state index in [4.69, 9.17) is 14.2 Å². The zero-order chi connectivity index (χ0) is 35.7. The number of aliphatic hydroxyl groups excluding tert-OH is 1. The number of aliphatic hydroxyl groups is 1. The molecule has 0 radical (unpaired) electrons. The third-order valence-corrected chi connectivity index (χ3v) is 8.94. The lowest BCUT2D eigenvalue weighted by Gasteiger charge is -2.21. The zero-order valence-corrected chi connectivity index (χ0v) is 32.6. The fourth-order valence-corrected chi connectivity index (χ4v) is 5.80. The molecule has 0 aliphatic heterocycles. The Morgan fingerprint density at radius 3 is 1.57 bits per heavy atom. The summed E-state index contributed by atoms with van der Waals surface area (Å²) in [5.41, 5.74) is 0. The first kappa shape index (κ1) is 47.4. The number of hydrogen-bond acceptors (Lipinski definition) is 6. The van der Waals surface area contributed by atoms with E-state index >= 15 is 0 Å². The van der Waals surface area contributed by atoms with Crippen molar-refractivity contribution in [2.45, 2.75) is 200 Å². The van der Waals surface area contributed by atoms with Gasteiger partial charge in [-0.3, -0.25) is 4.79 Å². The van der Waals surface area contributed by atoms with Crippen molar-refractivity contribution < 1.29 is 24.1 Å². The number of nitrogens with zero attached hydrogens (tertiary/aromatic N) is 1. The molecule has 0 atom stereocenters. The highest BCUT2D eigenvalue weighted by atomic mass is 16.7. The van der Waals surface area contributed by atoms with E-state index in [0.29, 0.717) is 26.2 Å². The second-order valence-electron chi connectivity index (χ2n) is 13.7. The second-order valence-corrected chi connectivity index (χ2v) is 13.7. The Morgan fingerprint density at radius 2 is 1.02 bits per heavy atom. The molecular formula is C43H79NO5. The monoisotopic (exact) mass is 690 g/mol. The van der Waals surface area contributed by atoms with Crippen molar-refractivity contribution >= 4 is 5.97 Å². The van der Waals surface area contributed by atoms with Crippen LogP contribution in [0.25, 0.3) is 0 Å². The van der Waals surface area contributed by atoms with Gasteiger partial charge in [0.1, 0.15) is 13.2 Å². The van der Waals surface area contributed by atoms with Gasteiger partial charge in [0.05, 0.1) is 13.2 Å². The van der Waals surface area contributed by atoms with Gasteiger partial charge >= 0.3 is 5.97 Å². The third-order valence-electron chi connectivity index (χ3n) is 8.94. The summed E-state index contributed by atoms with van der Waals surface area (Å²) in [5.74, 6) is 12.7. The van der Waals surface area contributed by atoms with Crippen molar-refractivity contribution in [2.75, 3.05) is 46.1 Å². The average Bonchev–Trinajstić information content (AvgIpc) is 3.10. The minimum Gasteiger partial charge on any atom is -0.466 e. The Bertz CT molecular complexity index is 779. The fourth-order valence-electron chi connectivity index (χ4n) is 5.80. The molecule has 0 amide bonds. The molecule has 0 fully saturated rings. The number of unbranched alkanes of at least 4 members (excludes halogenated alkanes) is 20. The summed E-state index contributed by atoms with van der Waals surface area (Å²) >= 11 is 0. The summed E-state index contributed by atoms with van der Waals surface area (Å²) in [6, 6.07) is 0. The van der Waals surface area contributed by atoms with Gasteiger partial charge in [0.15, 0.2) is 6.29 Å². The normalized spacial score (nSPS) is 11.1. The molecule has 0 rings (SSSR count). The summed E-state index contributed by atoms with van der Waals surface area (Å²) in [7, 11) is 0. The Labute approximate surface area is 304 Å². The van der Waals surface area contributed by atoms with Crippen molar-refractivity contribution in [3.63, 3.8) is 0 Å². The first-order valence-corrected chi connectivity index (χ1v) is 20.8. The zero-order valence-electron chi connectivity index (χ0n) is 32.6. The molecule has 0 aromatic carbocycles. The molecule has 0 bridgehead atoms. The first-order valence-electron chi connectivity index (χ1n) is 20.8. The highest BCUT2D eigenvalue weighted by Gasteiger charge is 2.09. The van der Waals surface area contributed by atoms with E-state index < -0.39 is 0 Å². The van der Waals surface area contributed by atoms with Gasteiger partial charge in [-0.25, -0.2) is 0 Å². The number of hydrogen-bond donors (Lipinski definition) is 1. The molecule has 0 saturated heterocycles. The van der Waals surface area contributed by atoms with E-state index in [1.54, 1.807) is 0 Å². The topological polar surface area (TPSA) is 68.2 Å². The lowest BCUT2D eigenvalue weighted by Crippen LogP contribution is -2.29. The Hall–Kier alpha value is -1.57. The molecule has 0 heterocycles. The number of rotatable bonds is 36. The van der Waals surface area contributed by atoms with E-state index in [1.165, 1.54) is 96.3 Å². The van der Waals surface area contributed by atoms with Crippen molar-refractivity contribution in [1.82, 2.24) is 4.90 Å². The molecule has 0 spiro atoms. The summed E-state index contributed by atoms with van der Waals surface area (Å²) in [5, 5.41) is 9.55. The maximum absolute atomic E-state index is 12.0. The van der Waals surface area contributed by atoms with Crippen LogP contribution in [0.15, 0.2) is 0 Å². The summed E-state index contributed by atoms with van der Waals surface area (Å²) in [4.78, 5) is 14.4. The van der Waals surface area contributed by atoms with E-state index in [-0.39, 0.29) is 18.9 Å². The van der Waals surface area contributed by atoms with Crippen LogP contribution in [-0.2, 0) is 19.0 Å². The second kappa shape index (κ2) is 40.9. The van der Waals surface area contributed by atoms with Crippen LogP contribution >= 0.6 is 0 Å². The summed E-state index contributed by atoms with van der Waals surface area (Å²) in [6.07, 6.45) is 30.3. The molecule has 0 unspecified atom stereocenters. The molecule has 6 nitrogen and oxygen atoms in total. The quantitative estimate of drug-likeness (QED) is 0.0306. The van der Waals surface area contributed by atoms with Crippen molar-refractivity contribution in [1.29, 1.82) is 0 Å². The van der Waals surface area contributed by atoms with Crippen LogP contribution in [0.3, 0.4) is 0 Å². The van der Waals surface area contributed by atoms with Crippen LogP contribution in [0.4, 0.5) is 0 Å². The minimum absolute atomic E-state index is 0.0294. The molecule has 49 heavy (non-hydrogen) atoms. The lowest BCUT2D eigenvalue weighted by molar-refractivity contribution is -0.143. The Kier molecular flexibility index (Phi) is 39.5. The van der Waals surface area contributed by atoms with Gasteiger partial charge < -0.3 is 24.2 Å². The van der Waals surface area contributed by atoms with Gasteiger partial charge in [0.25, 0.3) is 0 Å². The average molecular weight is 690 g/mol. The van der Waals surface area contributed by atoms with Crippen molar-refractivity contribution in [2.24, 2.45) is 0 Å². The van der Waals surface area contributed by atoms with Crippen LogP contribution in [0.2, 0.25) is 0 Å². The molecule has 1 N–H and O–H groups in total. The van der Waals surface area contributed by atoms with E-state index in [9.17, 15) is 9.90 Å². The van der Waals surface area contributed by atoms with Crippen LogP contribution in [0.5, 0.6) is 0 Å². The van der Waals surface area contributed by atoms with Gasteiger partial charge in [-0.2, -0.15) is 0 Å². The van der Waals surface area contributed by atoms with Gasteiger partial charge in [-0.1, -0.05) is 135 Å².